The Balaban J connectivity index is 2.10. The van der Waals surface area contributed by atoms with E-state index in [4.69, 9.17) is 0 Å². The number of hydrogen-bond donors (Lipinski definition) is 1. The molecular weight excluding hydrogens is 300 g/mol. The van der Waals surface area contributed by atoms with E-state index in [1.165, 1.54) is 24.3 Å². The van der Waals surface area contributed by atoms with E-state index in [1.54, 1.807) is 12.1 Å². The Bertz CT molecular complexity index is 549. The van der Waals surface area contributed by atoms with Crippen molar-refractivity contribution in [3.8, 4) is 5.75 Å². The van der Waals surface area contributed by atoms with Crippen LogP contribution in [0.1, 0.15) is 24.6 Å². The van der Waals surface area contributed by atoms with E-state index in [1.807, 2.05) is 18.0 Å². The summed E-state index contributed by atoms with van der Waals surface area (Å²) in [5.41, 5.74) is 0.943. The Labute approximate surface area is 112 Å². The van der Waals surface area contributed by atoms with Gasteiger partial charge in [0.05, 0.1) is 5.52 Å². The third kappa shape index (κ3) is 2.06. The van der Waals surface area contributed by atoms with Crippen molar-refractivity contribution >= 4 is 33.2 Å². The molecule has 3 rings (SSSR count). The fourth-order valence-electron chi connectivity index (χ4n) is 2.30. The van der Waals surface area contributed by atoms with E-state index in [2.05, 4.69) is 25.3 Å². The van der Waals surface area contributed by atoms with Gasteiger partial charge in [-0.1, -0.05) is 0 Å². The Morgan fingerprint density at radius 1 is 1.41 bits per heavy atom. The molecule has 1 N–H and O–H groups in total. The van der Waals surface area contributed by atoms with Crippen molar-refractivity contribution in [2.24, 2.45) is 0 Å². The monoisotopic (exact) mass is 312 g/mol. The molecule has 2 aromatic heterocycles. The lowest BCUT2D eigenvalue weighted by molar-refractivity contribution is 0.475. The number of aromatic nitrogens is 2. The molecule has 1 aliphatic rings. The summed E-state index contributed by atoms with van der Waals surface area (Å²) in [5.74, 6) is 4.38. The van der Waals surface area contributed by atoms with Gasteiger partial charge in [-0.2, -0.15) is 11.8 Å². The minimum Gasteiger partial charge on any atom is -0.508 e. The number of fused-ring (bicyclic) bond motifs is 1. The molecule has 17 heavy (non-hydrogen) atoms. The van der Waals surface area contributed by atoms with Crippen LogP contribution in [0.2, 0.25) is 0 Å². The van der Waals surface area contributed by atoms with Crippen LogP contribution >= 0.6 is 27.7 Å². The average molecular weight is 313 g/mol. The van der Waals surface area contributed by atoms with E-state index in [0.29, 0.717) is 5.92 Å². The lowest BCUT2D eigenvalue weighted by atomic mass is 10.0. The van der Waals surface area contributed by atoms with E-state index in [9.17, 15) is 5.11 Å². The number of halogens is 1. The van der Waals surface area contributed by atoms with Gasteiger partial charge in [0.2, 0.25) is 0 Å². The van der Waals surface area contributed by atoms with Gasteiger partial charge in [0, 0.05) is 18.2 Å². The molecule has 0 radical (unpaired) electrons. The van der Waals surface area contributed by atoms with Gasteiger partial charge >= 0.3 is 0 Å². The molecule has 2 aromatic rings. The molecule has 1 fully saturated rings. The van der Waals surface area contributed by atoms with Crippen molar-refractivity contribution in [1.29, 1.82) is 0 Å². The first-order chi connectivity index (χ1) is 8.25. The third-order valence-corrected chi connectivity index (χ3v) is 4.83. The van der Waals surface area contributed by atoms with Crippen molar-refractivity contribution in [2.75, 3.05) is 11.5 Å². The van der Waals surface area contributed by atoms with Crippen molar-refractivity contribution in [3.63, 3.8) is 0 Å². The second-order valence-electron chi connectivity index (χ2n) is 4.29. The zero-order valence-corrected chi connectivity index (χ0v) is 11.7. The molecule has 3 nitrogen and oxygen atoms in total. The number of imidazole rings is 1. The standard InChI is InChI=1S/C12H13BrN2OS/c13-11-10-7-9(16)1-4-15(10)12(14-11)8-2-5-17-6-3-8/h1,4,7-8,16H,2-3,5-6H2. The normalized spacial score (nSPS) is 17.7. The van der Waals surface area contributed by atoms with Crippen LogP contribution in [0, 0.1) is 0 Å². The summed E-state index contributed by atoms with van der Waals surface area (Å²) in [6, 6.07) is 3.46. The van der Waals surface area contributed by atoms with Gasteiger partial charge in [-0.25, -0.2) is 4.98 Å². The van der Waals surface area contributed by atoms with Gasteiger partial charge in [0.25, 0.3) is 0 Å². The lowest BCUT2D eigenvalue weighted by Gasteiger charge is -2.20. The summed E-state index contributed by atoms with van der Waals surface area (Å²) in [4.78, 5) is 4.61. The number of hydrogen-bond acceptors (Lipinski definition) is 3. The highest BCUT2D eigenvalue weighted by atomic mass is 79.9. The fourth-order valence-corrected chi connectivity index (χ4v) is 3.90. The summed E-state index contributed by atoms with van der Waals surface area (Å²) < 4.78 is 2.91. The van der Waals surface area contributed by atoms with Crippen molar-refractivity contribution in [1.82, 2.24) is 9.38 Å². The zero-order valence-electron chi connectivity index (χ0n) is 9.27. The topological polar surface area (TPSA) is 37.5 Å². The molecule has 0 saturated carbocycles. The SMILES string of the molecule is Oc1ccn2c(C3CCSCC3)nc(Br)c2c1. The summed E-state index contributed by atoms with van der Waals surface area (Å²) >= 11 is 5.49. The molecule has 1 aliphatic heterocycles. The second-order valence-corrected chi connectivity index (χ2v) is 6.26. The molecule has 0 bridgehead atoms. The van der Waals surface area contributed by atoms with Crippen LogP contribution in [-0.2, 0) is 0 Å². The predicted molar refractivity (Wildman–Crippen MR) is 73.9 cm³/mol. The Hall–Kier alpha value is -0.680. The van der Waals surface area contributed by atoms with Crippen LogP contribution in [0.3, 0.4) is 0 Å². The largest absolute Gasteiger partial charge is 0.508 e. The number of aromatic hydroxyl groups is 1. The first-order valence-corrected chi connectivity index (χ1v) is 7.64. The second kappa shape index (κ2) is 4.53. The number of nitrogens with zero attached hydrogens (tertiary/aromatic N) is 2. The molecular formula is C12H13BrN2OS. The molecule has 3 heterocycles. The average Bonchev–Trinajstić information content (AvgIpc) is 2.68. The Morgan fingerprint density at radius 3 is 2.94 bits per heavy atom. The number of rotatable bonds is 1. The molecule has 90 valence electrons. The smallest absolute Gasteiger partial charge is 0.132 e. The summed E-state index contributed by atoms with van der Waals surface area (Å²) in [5, 5.41) is 9.51. The van der Waals surface area contributed by atoms with Gasteiger partial charge in [0.1, 0.15) is 16.2 Å². The predicted octanol–water partition coefficient (Wildman–Crippen LogP) is 3.41. The minimum absolute atomic E-state index is 0.281. The van der Waals surface area contributed by atoms with Gasteiger partial charge in [-0.05, 0) is 46.3 Å². The fraction of sp³-hybridized carbons (Fsp3) is 0.417. The molecule has 0 amide bonds. The first-order valence-electron chi connectivity index (χ1n) is 5.70. The van der Waals surface area contributed by atoms with Gasteiger partial charge in [0.15, 0.2) is 0 Å². The zero-order chi connectivity index (χ0) is 11.8. The van der Waals surface area contributed by atoms with Crippen molar-refractivity contribution in [3.05, 3.63) is 28.8 Å². The van der Waals surface area contributed by atoms with E-state index in [0.717, 1.165) is 15.9 Å². The van der Waals surface area contributed by atoms with Gasteiger partial charge in [-0.15, -0.1) is 0 Å². The summed E-state index contributed by atoms with van der Waals surface area (Å²) in [6.07, 6.45) is 4.29. The quantitative estimate of drug-likeness (QED) is 0.876. The molecule has 0 atom stereocenters. The van der Waals surface area contributed by atoms with Gasteiger partial charge < -0.3 is 9.51 Å². The maximum atomic E-state index is 9.51. The molecule has 5 heteroatoms. The van der Waals surface area contributed by atoms with Crippen LogP contribution in [0.5, 0.6) is 5.75 Å². The van der Waals surface area contributed by atoms with Crippen LogP contribution in [0.25, 0.3) is 5.52 Å². The number of thioether (sulfide) groups is 1. The van der Waals surface area contributed by atoms with E-state index in [-0.39, 0.29) is 5.75 Å². The molecule has 1 saturated heterocycles. The highest BCUT2D eigenvalue weighted by Gasteiger charge is 2.21. The number of pyridine rings is 1. The Kier molecular flexibility index (Phi) is 3.04. The minimum atomic E-state index is 0.281. The summed E-state index contributed by atoms with van der Waals surface area (Å²) in [7, 11) is 0. The van der Waals surface area contributed by atoms with Crippen LogP contribution in [-0.4, -0.2) is 26.0 Å². The van der Waals surface area contributed by atoms with Crippen LogP contribution < -0.4 is 0 Å². The maximum absolute atomic E-state index is 9.51. The summed E-state index contributed by atoms with van der Waals surface area (Å²) in [6.45, 7) is 0. The maximum Gasteiger partial charge on any atom is 0.132 e. The van der Waals surface area contributed by atoms with Crippen LogP contribution in [0.4, 0.5) is 0 Å². The van der Waals surface area contributed by atoms with Crippen LogP contribution in [0.15, 0.2) is 22.9 Å². The third-order valence-electron chi connectivity index (χ3n) is 3.20. The van der Waals surface area contributed by atoms with Crippen molar-refractivity contribution < 1.29 is 5.11 Å². The van der Waals surface area contributed by atoms with E-state index >= 15 is 0 Å². The molecule has 0 spiro atoms. The highest BCUT2D eigenvalue weighted by Crippen LogP contribution is 2.33. The molecule has 0 aliphatic carbocycles. The van der Waals surface area contributed by atoms with Gasteiger partial charge in [-0.3, -0.25) is 0 Å². The molecule has 0 unspecified atom stereocenters. The molecule has 0 aromatic carbocycles. The highest BCUT2D eigenvalue weighted by molar-refractivity contribution is 9.10. The Morgan fingerprint density at radius 2 is 2.18 bits per heavy atom. The van der Waals surface area contributed by atoms with Crippen molar-refractivity contribution in [2.45, 2.75) is 18.8 Å². The first kappa shape index (κ1) is 11.4. The lowest BCUT2D eigenvalue weighted by Crippen LogP contribution is -2.11. The van der Waals surface area contributed by atoms with E-state index < -0.39 is 0 Å².